The molecule has 0 saturated carbocycles. The monoisotopic (exact) mass is 282 g/mol. The average Bonchev–Trinajstić information content (AvgIpc) is 2.37. The summed E-state index contributed by atoms with van der Waals surface area (Å²) < 4.78 is 23.4. The molecule has 0 aromatic heterocycles. The van der Waals surface area contributed by atoms with Crippen molar-refractivity contribution in [3.8, 4) is 0 Å². The van der Waals surface area contributed by atoms with E-state index in [-0.39, 0.29) is 4.90 Å². The lowest BCUT2D eigenvalue weighted by Gasteiger charge is -2.35. The maximum atomic E-state index is 11.7. The van der Waals surface area contributed by atoms with Gasteiger partial charge in [0.25, 0.3) is 0 Å². The minimum atomic E-state index is -3.27. The Morgan fingerprint density at radius 2 is 2.16 bits per heavy atom. The first-order valence-corrected chi connectivity index (χ1v) is 8.66. The van der Waals surface area contributed by atoms with Gasteiger partial charge < -0.3 is 10.6 Å². The van der Waals surface area contributed by atoms with Crippen LogP contribution >= 0.6 is 0 Å². The van der Waals surface area contributed by atoms with Crippen molar-refractivity contribution in [2.24, 2.45) is 5.92 Å². The topological polar surface area (TPSA) is 63.4 Å². The van der Waals surface area contributed by atoms with Crippen molar-refractivity contribution in [1.82, 2.24) is 0 Å². The summed E-state index contributed by atoms with van der Waals surface area (Å²) in [6.07, 6.45) is 4.75. The van der Waals surface area contributed by atoms with Crippen LogP contribution in [0.25, 0.3) is 0 Å². The highest BCUT2D eigenvalue weighted by Gasteiger charge is 2.22. The summed E-state index contributed by atoms with van der Waals surface area (Å²) in [7, 11) is -3.27. The molecule has 0 bridgehead atoms. The predicted molar refractivity (Wildman–Crippen MR) is 79.2 cm³/mol. The number of rotatable bonds is 3. The number of para-hydroxylation sites is 1. The number of benzene rings is 1. The van der Waals surface area contributed by atoms with Crippen molar-refractivity contribution in [3.63, 3.8) is 0 Å². The molecule has 1 unspecified atom stereocenters. The Morgan fingerprint density at radius 1 is 1.42 bits per heavy atom. The van der Waals surface area contributed by atoms with Gasteiger partial charge in [-0.3, -0.25) is 0 Å². The Balaban J connectivity index is 2.35. The highest BCUT2D eigenvalue weighted by Crippen LogP contribution is 2.33. The van der Waals surface area contributed by atoms with Gasteiger partial charge in [0.2, 0.25) is 0 Å². The zero-order chi connectivity index (χ0) is 14.0. The van der Waals surface area contributed by atoms with E-state index in [9.17, 15) is 8.42 Å². The lowest BCUT2D eigenvalue weighted by Crippen LogP contribution is -2.35. The number of sulfone groups is 1. The van der Waals surface area contributed by atoms with Crippen molar-refractivity contribution < 1.29 is 8.42 Å². The van der Waals surface area contributed by atoms with Crippen LogP contribution in [0, 0.1) is 5.92 Å². The molecular formula is C14H22N2O2S. The average molecular weight is 282 g/mol. The third kappa shape index (κ3) is 3.03. The molecule has 1 saturated heterocycles. The molecule has 1 fully saturated rings. The van der Waals surface area contributed by atoms with Crippen molar-refractivity contribution in [1.29, 1.82) is 0 Å². The zero-order valence-corrected chi connectivity index (χ0v) is 12.4. The molecule has 19 heavy (non-hydrogen) atoms. The lowest BCUT2D eigenvalue weighted by molar-refractivity contribution is 0.405. The maximum Gasteiger partial charge on any atom is 0.177 e. The van der Waals surface area contributed by atoms with Crippen LogP contribution in [0.3, 0.4) is 0 Å². The molecule has 1 heterocycles. The smallest absolute Gasteiger partial charge is 0.177 e. The standard InChI is InChI=1S/C14H22N2O2S/c1-3-11-6-5-9-16(10-11)12-7-4-8-13(14(12)15)19(2,17)18/h4,7-8,11H,3,5-6,9-10,15H2,1-2H3. The fourth-order valence-corrected chi connectivity index (χ4v) is 3.58. The normalized spacial score (nSPS) is 20.5. The number of nitrogen functional groups attached to an aromatic ring is 1. The maximum absolute atomic E-state index is 11.7. The Morgan fingerprint density at radius 3 is 2.79 bits per heavy atom. The molecule has 2 N–H and O–H groups in total. The van der Waals surface area contributed by atoms with Gasteiger partial charge in [0.15, 0.2) is 9.84 Å². The van der Waals surface area contributed by atoms with E-state index in [1.165, 1.54) is 12.7 Å². The van der Waals surface area contributed by atoms with Crippen LogP contribution in [0.1, 0.15) is 26.2 Å². The largest absolute Gasteiger partial charge is 0.396 e. The van der Waals surface area contributed by atoms with Crippen molar-refractivity contribution in [2.75, 3.05) is 30.0 Å². The second-order valence-electron chi connectivity index (χ2n) is 5.32. The van der Waals surface area contributed by atoms with Gasteiger partial charge in [-0.2, -0.15) is 0 Å². The molecular weight excluding hydrogens is 260 g/mol. The molecule has 106 valence electrons. The van der Waals surface area contributed by atoms with Crippen LogP contribution < -0.4 is 10.6 Å². The highest BCUT2D eigenvalue weighted by molar-refractivity contribution is 7.90. The molecule has 0 spiro atoms. The Labute approximate surface area is 115 Å². The number of nitrogens with two attached hydrogens (primary N) is 1. The minimum Gasteiger partial charge on any atom is -0.396 e. The van der Waals surface area contributed by atoms with Gasteiger partial charge in [-0.25, -0.2) is 8.42 Å². The molecule has 4 nitrogen and oxygen atoms in total. The molecule has 1 aliphatic heterocycles. The van der Waals surface area contributed by atoms with Crippen LogP contribution in [0.4, 0.5) is 11.4 Å². The van der Waals surface area contributed by atoms with E-state index in [0.717, 1.165) is 31.6 Å². The summed E-state index contributed by atoms with van der Waals surface area (Å²) in [4.78, 5) is 2.46. The number of piperidine rings is 1. The van der Waals surface area contributed by atoms with E-state index in [0.29, 0.717) is 11.6 Å². The van der Waals surface area contributed by atoms with E-state index in [1.54, 1.807) is 12.1 Å². The van der Waals surface area contributed by atoms with Crippen LogP contribution in [0.2, 0.25) is 0 Å². The summed E-state index contributed by atoms with van der Waals surface area (Å²) in [5.41, 5.74) is 7.32. The van der Waals surface area contributed by atoms with Crippen LogP contribution in [-0.4, -0.2) is 27.8 Å². The summed E-state index contributed by atoms with van der Waals surface area (Å²) in [6, 6.07) is 5.27. The van der Waals surface area contributed by atoms with Gasteiger partial charge in [-0.15, -0.1) is 0 Å². The van der Waals surface area contributed by atoms with E-state index >= 15 is 0 Å². The molecule has 0 aliphatic carbocycles. The fourth-order valence-electron chi connectivity index (χ4n) is 2.75. The van der Waals surface area contributed by atoms with Gasteiger partial charge in [0.05, 0.1) is 16.3 Å². The third-order valence-electron chi connectivity index (χ3n) is 3.88. The molecule has 2 rings (SSSR count). The highest BCUT2D eigenvalue weighted by atomic mass is 32.2. The first kappa shape index (κ1) is 14.2. The van der Waals surface area contributed by atoms with Crippen molar-refractivity contribution in [2.45, 2.75) is 31.1 Å². The molecule has 1 aromatic rings. The summed E-state index contributed by atoms with van der Waals surface area (Å²) in [5.74, 6) is 0.676. The van der Waals surface area contributed by atoms with Gasteiger partial charge >= 0.3 is 0 Å². The molecule has 5 heteroatoms. The fraction of sp³-hybridized carbons (Fsp3) is 0.571. The molecule has 1 aliphatic rings. The summed E-state index contributed by atoms with van der Waals surface area (Å²) in [6.45, 7) is 4.12. The zero-order valence-electron chi connectivity index (χ0n) is 11.6. The third-order valence-corrected chi connectivity index (χ3v) is 5.03. The van der Waals surface area contributed by atoms with Gasteiger partial charge in [0.1, 0.15) is 0 Å². The second kappa shape index (κ2) is 5.41. The Bertz CT molecular complexity index is 555. The minimum absolute atomic E-state index is 0.239. The van der Waals surface area contributed by atoms with Crippen LogP contribution in [0.15, 0.2) is 23.1 Å². The first-order valence-electron chi connectivity index (χ1n) is 6.77. The number of hydrogen-bond acceptors (Lipinski definition) is 4. The second-order valence-corrected chi connectivity index (χ2v) is 7.31. The Kier molecular flexibility index (Phi) is 4.04. The summed E-state index contributed by atoms with van der Waals surface area (Å²) in [5, 5.41) is 0. The molecule has 1 atom stereocenters. The quantitative estimate of drug-likeness (QED) is 0.864. The lowest BCUT2D eigenvalue weighted by atomic mass is 9.95. The van der Waals surface area contributed by atoms with E-state index < -0.39 is 9.84 Å². The van der Waals surface area contributed by atoms with E-state index in [4.69, 9.17) is 5.73 Å². The van der Waals surface area contributed by atoms with E-state index in [2.05, 4.69) is 11.8 Å². The molecule has 1 aromatic carbocycles. The van der Waals surface area contributed by atoms with Crippen LogP contribution in [0.5, 0.6) is 0 Å². The predicted octanol–water partition coefficient (Wildman–Crippen LogP) is 2.30. The summed E-state index contributed by atoms with van der Waals surface area (Å²) >= 11 is 0. The SMILES string of the molecule is CCC1CCCN(c2cccc(S(C)(=O)=O)c2N)C1. The number of hydrogen-bond donors (Lipinski definition) is 1. The Hall–Kier alpha value is -1.23. The van der Waals surface area contributed by atoms with Gasteiger partial charge in [-0.05, 0) is 30.9 Å². The first-order chi connectivity index (χ1) is 8.93. The molecule has 0 radical (unpaired) electrons. The van der Waals surface area contributed by atoms with Crippen molar-refractivity contribution in [3.05, 3.63) is 18.2 Å². The van der Waals surface area contributed by atoms with E-state index in [1.807, 2.05) is 6.07 Å². The van der Waals surface area contributed by atoms with Gasteiger partial charge in [-0.1, -0.05) is 19.4 Å². The van der Waals surface area contributed by atoms with Gasteiger partial charge in [0, 0.05) is 19.3 Å². The van der Waals surface area contributed by atoms with Crippen molar-refractivity contribution >= 4 is 21.2 Å². The number of anilines is 2. The number of nitrogens with zero attached hydrogens (tertiary/aromatic N) is 1. The molecule has 0 amide bonds. The van der Waals surface area contributed by atoms with Crippen LogP contribution in [-0.2, 0) is 9.84 Å².